The van der Waals surface area contributed by atoms with Gasteiger partial charge in [0.05, 0.1) is 11.5 Å². The normalized spacial score (nSPS) is 18.2. The molecule has 0 radical (unpaired) electrons. The van der Waals surface area contributed by atoms with Gasteiger partial charge >= 0.3 is 29.6 Å². The van der Waals surface area contributed by atoms with Crippen LogP contribution in [0.15, 0.2) is 51.5 Å². The molecule has 0 bridgehead atoms. The smallest absolute Gasteiger partial charge is 1.00 e. The first-order valence-corrected chi connectivity index (χ1v) is 10.0. The van der Waals surface area contributed by atoms with Crippen molar-refractivity contribution in [3.05, 3.63) is 57.0 Å². The molecule has 152 valence electrons. The topological polar surface area (TPSA) is 89.5 Å². The molecule has 1 aliphatic heterocycles. The fraction of sp³-hybridized carbons (Fsp3) is 0.273. The Kier molecular flexibility index (Phi) is 8.43. The van der Waals surface area contributed by atoms with Gasteiger partial charge in [-0.2, -0.15) is 0 Å². The second-order valence-corrected chi connectivity index (χ2v) is 7.90. The van der Waals surface area contributed by atoms with Crippen molar-refractivity contribution in [3.63, 3.8) is 0 Å². The molecule has 2 aliphatic rings. The first-order valence-electron chi connectivity index (χ1n) is 9.22. The molecule has 0 saturated carbocycles. The molecule has 2 amide bonds. The van der Waals surface area contributed by atoms with E-state index >= 15 is 0 Å². The molecule has 0 atom stereocenters. The zero-order valence-electron chi connectivity index (χ0n) is 18.5. The van der Waals surface area contributed by atoms with Crippen molar-refractivity contribution in [3.8, 4) is 5.75 Å². The number of thioether (sulfide) groups is 1. The second-order valence-electron chi connectivity index (χ2n) is 6.89. The van der Waals surface area contributed by atoms with Crippen molar-refractivity contribution in [1.82, 2.24) is 5.32 Å². The number of hydrogen-bond acceptors (Lipinski definition) is 6. The van der Waals surface area contributed by atoms with E-state index in [9.17, 15) is 19.2 Å². The summed E-state index contributed by atoms with van der Waals surface area (Å²) in [6.07, 6.45) is 2.75. The van der Waals surface area contributed by atoms with Crippen LogP contribution in [-0.4, -0.2) is 29.3 Å². The number of carbonyl (C=O) groups is 4. The molecule has 3 rings (SSSR count). The van der Waals surface area contributed by atoms with Crippen LogP contribution in [0, 0.1) is 0 Å². The zero-order valence-corrected chi connectivity index (χ0v) is 20.3. The van der Waals surface area contributed by atoms with Gasteiger partial charge in [-0.05, 0) is 69.1 Å². The first-order chi connectivity index (χ1) is 13.8. The molecule has 1 aliphatic carbocycles. The van der Waals surface area contributed by atoms with Crippen LogP contribution in [0.25, 0.3) is 6.08 Å². The van der Waals surface area contributed by atoms with Crippen molar-refractivity contribution in [2.75, 3.05) is 6.61 Å². The van der Waals surface area contributed by atoms with E-state index in [2.05, 4.69) is 5.32 Å². The average Bonchev–Trinajstić information content (AvgIpc) is 3.02. The summed E-state index contributed by atoms with van der Waals surface area (Å²) in [5.41, 5.74) is 2.94. The van der Waals surface area contributed by atoms with Crippen LogP contribution >= 0.6 is 11.8 Å². The largest absolute Gasteiger partial charge is 1.00 e. The van der Waals surface area contributed by atoms with Gasteiger partial charge in [0.25, 0.3) is 11.1 Å². The summed E-state index contributed by atoms with van der Waals surface area (Å²) in [4.78, 5) is 47.7. The number of nitrogens with one attached hydrogen (secondary N) is 1. The van der Waals surface area contributed by atoms with Gasteiger partial charge in [-0.1, -0.05) is 12.1 Å². The van der Waals surface area contributed by atoms with Gasteiger partial charge in [0, 0.05) is 22.3 Å². The molecule has 0 spiro atoms. The summed E-state index contributed by atoms with van der Waals surface area (Å²) < 4.78 is 5.72. The van der Waals surface area contributed by atoms with E-state index in [0.29, 0.717) is 52.4 Å². The van der Waals surface area contributed by atoms with Gasteiger partial charge in [-0.25, -0.2) is 0 Å². The summed E-state index contributed by atoms with van der Waals surface area (Å²) in [6.45, 7) is 5.50. The summed E-state index contributed by atoms with van der Waals surface area (Å²) in [7, 11) is 0. The second kappa shape index (κ2) is 10.4. The molecule has 30 heavy (non-hydrogen) atoms. The van der Waals surface area contributed by atoms with Crippen LogP contribution < -0.4 is 39.6 Å². The predicted molar refractivity (Wildman–Crippen MR) is 112 cm³/mol. The van der Waals surface area contributed by atoms with Crippen LogP contribution in [0.4, 0.5) is 4.79 Å². The number of allylic oxidation sites excluding steroid dienone is 4. The monoisotopic (exact) mass is 435 g/mol. The Bertz CT molecular complexity index is 1010. The van der Waals surface area contributed by atoms with Crippen molar-refractivity contribution < 1.29 is 54.9 Å². The molecular formula is C22H22NNaO5S. The van der Waals surface area contributed by atoms with Gasteiger partial charge in [-0.15, -0.1) is 0 Å². The minimum Gasteiger partial charge on any atom is -1.00 e. The Hall–Kier alpha value is -1.93. The van der Waals surface area contributed by atoms with E-state index in [4.69, 9.17) is 4.74 Å². The summed E-state index contributed by atoms with van der Waals surface area (Å²) in [5, 5.41) is 1.84. The molecular weight excluding hydrogens is 413 g/mol. The number of ether oxygens (including phenoxy) is 1. The minimum atomic E-state index is -0.388. The molecule has 6 nitrogen and oxygen atoms in total. The van der Waals surface area contributed by atoms with E-state index in [1.165, 1.54) is 0 Å². The van der Waals surface area contributed by atoms with E-state index in [1.54, 1.807) is 51.1 Å². The predicted octanol–water partition coefficient (Wildman–Crippen LogP) is 1.09. The van der Waals surface area contributed by atoms with E-state index < -0.39 is 0 Å². The minimum absolute atomic E-state index is 0. The summed E-state index contributed by atoms with van der Waals surface area (Å²) in [5.74, 6) is 0.166. The third-order valence-corrected chi connectivity index (χ3v) is 5.78. The van der Waals surface area contributed by atoms with Crippen LogP contribution in [-0.2, 0) is 14.4 Å². The first kappa shape index (κ1) is 24.3. The van der Waals surface area contributed by atoms with Crippen LogP contribution in [0.5, 0.6) is 5.75 Å². The number of Topliss-reactive ketones (excluding diaryl/α,β-unsaturated/α-hetero) is 2. The number of ketones is 2. The van der Waals surface area contributed by atoms with Gasteiger partial charge in [-0.3, -0.25) is 24.5 Å². The molecule has 1 heterocycles. The van der Waals surface area contributed by atoms with E-state index in [0.717, 1.165) is 17.3 Å². The standard InChI is InChI=1S/C22H21NO5S.Na.H/c1-12-13(2)20(25)17(14(3)19(12)24)5-4-10-28-16-8-6-15(7-9-16)11-18-21(26)23-22(27)29-18;;/h6-9,11H,4-5,10H2,1-3H3,(H,23,26,27);;/q;+1;-1. The third-order valence-electron chi connectivity index (χ3n) is 4.97. The Labute approximate surface area is 203 Å². The fourth-order valence-corrected chi connectivity index (χ4v) is 3.81. The number of rotatable bonds is 6. The maximum absolute atomic E-state index is 12.4. The number of benzene rings is 1. The molecule has 1 saturated heterocycles. The maximum atomic E-state index is 12.4. The Balaban J connectivity index is 0.00000240. The molecule has 0 aromatic heterocycles. The number of carbonyl (C=O) groups excluding carboxylic acids is 4. The molecule has 1 fully saturated rings. The Morgan fingerprint density at radius 1 is 0.967 bits per heavy atom. The molecule has 0 unspecified atom stereocenters. The van der Waals surface area contributed by atoms with Gasteiger partial charge in [0.2, 0.25) is 0 Å². The molecule has 1 N–H and O–H groups in total. The molecule has 1 aromatic rings. The van der Waals surface area contributed by atoms with Gasteiger partial charge < -0.3 is 6.16 Å². The average molecular weight is 435 g/mol. The fourth-order valence-electron chi connectivity index (χ4n) is 3.13. The van der Waals surface area contributed by atoms with E-state index in [1.807, 2.05) is 0 Å². The Morgan fingerprint density at radius 2 is 1.60 bits per heavy atom. The van der Waals surface area contributed by atoms with Crippen LogP contribution in [0.2, 0.25) is 0 Å². The SMILES string of the molecule is CC1=C(C)C(=O)C(CCCOc2ccc(C=C3SC(=O)NC3=O)cc2)=C(C)C1=O.[H-].[Na+]. The Morgan fingerprint density at radius 3 is 2.20 bits per heavy atom. The zero-order chi connectivity index (χ0) is 21.1. The van der Waals surface area contributed by atoms with Gasteiger partial charge in [0.1, 0.15) is 5.75 Å². The third kappa shape index (κ3) is 5.40. The van der Waals surface area contributed by atoms with Crippen LogP contribution in [0.3, 0.4) is 0 Å². The van der Waals surface area contributed by atoms with Crippen molar-refractivity contribution in [2.24, 2.45) is 0 Å². The number of amides is 2. The van der Waals surface area contributed by atoms with Crippen molar-refractivity contribution in [2.45, 2.75) is 33.6 Å². The summed E-state index contributed by atoms with van der Waals surface area (Å²) >= 11 is 0.875. The number of hydrogen-bond donors (Lipinski definition) is 1. The van der Waals surface area contributed by atoms with E-state index in [-0.39, 0.29) is 53.7 Å². The van der Waals surface area contributed by atoms with Crippen LogP contribution in [0.1, 0.15) is 40.6 Å². The summed E-state index contributed by atoms with van der Waals surface area (Å²) in [6, 6.07) is 7.15. The number of imide groups is 1. The quantitative estimate of drug-likeness (QED) is 0.312. The van der Waals surface area contributed by atoms with Crippen molar-refractivity contribution in [1.29, 1.82) is 0 Å². The molecule has 8 heteroatoms. The van der Waals surface area contributed by atoms with Crippen molar-refractivity contribution >= 4 is 40.6 Å². The van der Waals surface area contributed by atoms with Gasteiger partial charge in [0.15, 0.2) is 11.6 Å². The molecule has 1 aromatic carbocycles. The maximum Gasteiger partial charge on any atom is 1.00 e.